The van der Waals surface area contributed by atoms with Gasteiger partial charge in [-0.05, 0) is 32.9 Å². The summed E-state index contributed by atoms with van der Waals surface area (Å²) in [5.41, 5.74) is 0.210. The summed E-state index contributed by atoms with van der Waals surface area (Å²) in [6, 6.07) is 7.32. The zero-order valence-corrected chi connectivity index (χ0v) is 18.1. The smallest absolute Gasteiger partial charge is 0.333 e. The third kappa shape index (κ3) is 4.97. The molecule has 0 saturated heterocycles. The number of aromatic hydroxyl groups is 1. The van der Waals surface area contributed by atoms with E-state index in [1.807, 2.05) is 32.9 Å². The Bertz CT molecular complexity index is 1030. The second kappa shape index (κ2) is 9.60. The first kappa shape index (κ1) is 22.5. The fourth-order valence-corrected chi connectivity index (χ4v) is 3.65. The van der Waals surface area contributed by atoms with Gasteiger partial charge in [-0.1, -0.05) is 29.5 Å². The molecule has 0 spiro atoms. The lowest BCUT2D eigenvalue weighted by Gasteiger charge is -2.18. The van der Waals surface area contributed by atoms with E-state index in [-0.39, 0.29) is 22.3 Å². The summed E-state index contributed by atoms with van der Waals surface area (Å²) < 4.78 is 1.89. The van der Waals surface area contributed by atoms with Gasteiger partial charge in [-0.25, -0.2) is 9.79 Å². The number of aromatic nitrogens is 2. The average Bonchev–Trinajstić information content (AvgIpc) is 2.71. The first-order valence-corrected chi connectivity index (χ1v) is 10.2. The molecule has 0 aliphatic carbocycles. The number of amides is 1. The number of hydrogen-bond donors (Lipinski definition) is 1. The summed E-state index contributed by atoms with van der Waals surface area (Å²) in [5.74, 6) is -0.526. The Morgan fingerprint density at radius 3 is 2.24 bits per heavy atom. The maximum atomic E-state index is 12.7. The Balaban J connectivity index is 2.57. The summed E-state index contributed by atoms with van der Waals surface area (Å²) in [4.78, 5) is 43.4. The molecule has 0 aliphatic rings. The van der Waals surface area contributed by atoms with Crippen LogP contribution in [-0.2, 0) is 18.9 Å². The molecule has 8 nitrogen and oxygen atoms in total. The van der Waals surface area contributed by atoms with Crippen molar-refractivity contribution in [3.63, 3.8) is 0 Å². The topological polar surface area (TPSA) is 96.9 Å². The van der Waals surface area contributed by atoms with Crippen molar-refractivity contribution in [3.05, 3.63) is 56.2 Å². The van der Waals surface area contributed by atoms with Gasteiger partial charge in [0.05, 0.1) is 11.4 Å². The average molecular weight is 419 g/mol. The van der Waals surface area contributed by atoms with Crippen molar-refractivity contribution in [1.82, 2.24) is 14.0 Å². The van der Waals surface area contributed by atoms with Gasteiger partial charge < -0.3 is 10.0 Å². The number of benzene rings is 1. The van der Waals surface area contributed by atoms with Crippen molar-refractivity contribution in [2.75, 3.05) is 18.8 Å². The lowest BCUT2D eigenvalue weighted by molar-refractivity contribution is -0.127. The normalized spacial score (nSPS) is 11.6. The van der Waals surface area contributed by atoms with E-state index in [0.717, 1.165) is 26.5 Å². The monoisotopic (exact) mass is 418 g/mol. The molecule has 0 saturated carbocycles. The zero-order valence-electron chi connectivity index (χ0n) is 17.3. The van der Waals surface area contributed by atoms with Gasteiger partial charge >= 0.3 is 5.69 Å². The van der Waals surface area contributed by atoms with Crippen LogP contribution in [0.1, 0.15) is 25.0 Å². The van der Waals surface area contributed by atoms with Gasteiger partial charge in [-0.15, -0.1) is 0 Å². The Morgan fingerprint density at radius 1 is 1.10 bits per heavy atom. The van der Waals surface area contributed by atoms with E-state index in [9.17, 15) is 19.5 Å². The van der Waals surface area contributed by atoms with E-state index < -0.39 is 17.1 Å². The Kier molecular flexibility index (Phi) is 7.44. The maximum absolute atomic E-state index is 12.7. The lowest BCUT2D eigenvalue weighted by Crippen LogP contribution is -2.40. The minimum atomic E-state index is -0.667. The van der Waals surface area contributed by atoms with Crippen molar-refractivity contribution in [3.8, 4) is 5.88 Å². The SMILES string of the molecule is CCN(CC)C(=O)CSC(=Nc1ccc(C)cc1)c1c(O)n(C)c(=O)n(C)c1=O. The van der Waals surface area contributed by atoms with Gasteiger partial charge in [0.15, 0.2) is 0 Å². The van der Waals surface area contributed by atoms with Crippen LogP contribution in [0.4, 0.5) is 5.69 Å². The van der Waals surface area contributed by atoms with Crippen LogP contribution in [0.5, 0.6) is 5.88 Å². The van der Waals surface area contributed by atoms with E-state index in [2.05, 4.69) is 4.99 Å². The van der Waals surface area contributed by atoms with Gasteiger partial charge in [0.25, 0.3) is 5.56 Å². The third-order valence-corrected chi connectivity index (χ3v) is 5.52. The predicted octanol–water partition coefficient (Wildman–Crippen LogP) is 1.78. The molecule has 1 amide bonds. The highest BCUT2D eigenvalue weighted by Gasteiger charge is 2.22. The standard InChI is InChI=1S/C20H26N4O4S/c1-6-24(7-2)15(25)12-29-17(21-14-10-8-13(3)9-11-14)16-18(26)22(4)20(28)23(5)19(16)27/h8-11,26H,6-7,12H2,1-5H3. The van der Waals surface area contributed by atoms with Crippen molar-refractivity contribution in [2.24, 2.45) is 19.1 Å². The second-order valence-electron chi connectivity index (χ2n) is 6.51. The molecule has 156 valence electrons. The van der Waals surface area contributed by atoms with Crippen LogP contribution in [0.15, 0.2) is 38.8 Å². The highest BCUT2D eigenvalue weighted by Crippen LogP contribution is 2.23. The molecule has 2 aromatic rings. The molecule has 29 heavy (non-hydrogen) atoms. The van der Waals surface area contributed by atoms with Crippen LogP contribution < -0.4 is 11.2 Å². The summed E-state index contributed by atoms with van der Waals surface area (Å²) in [7, 11) is 2.71. The minimum Gasteiger partial charge on any atom is -0.494 e. The Hall–Kier alpha value is -2.81. The highest BCUT2D eigenvalue weighted by atomic mass is 32.2. The summed E-state index contributed by atoms with van der Waals surface area (Å²) >= 11 is 1.06. The first-order chi connectivity index (χ1) is 13.7. The molecule has 0 radical (unpaired) electrons. The van der Waals surface area contributed by atoms with Gasteiger partial charge in [-0.3, -0.25) is 18.7 Å². The molecule has 0 atom stereocenters. The lowest BCUT2D eigenvalue weighted by atomic mass is 10.2. The van der Waals surface area contributed by atoms with Gasteiger partial charge in [-0.2, -0.15) is 0 Å². The number of hydrogen-bond acceptors (Lipinski definition) is 6. The number of carbonyl (C=O) groups is 1. The summed E-state index contributed by atoms with van der Waals surface area (Å²) in [5, 5.41) is 10.7. The fourth-order valence-electron chi connectivity index (χ4n) is 2.72. The second-order valence-corrected chi connectivity index (χ2v) is 7.48. The van der Waals surface area contributed by atoms with Crippen LogP contribution in [-0.4, -0.2) is 48.9 Å². The molecule has 0 aliphatic heterocycles. The van der Waals surface area contributed by atoms with Crippen molar-refractivity contribution in [1.29, 1.82) is 0 Å². The summed E-state index contributed by atoms with van der Waals surface area (Å²) in [6.07, 6.45) is 0. The molecule has 1 heterocycles. The van der Waals surface area contributed by atoms with Gasteiger partial charge in [0.2, 0.25) is 11.8 Å². The molecule has 0 fully saturated rings. The van der Waals surface area contributed by atoms with Crippen LogP contribution in [0.2, 0.25) is 0 Å². The van der Waals surface area contributed by atoms with Gasteiger partial charge in [0.1, 0.15) is 10.6 Å². The largest absolute Gasteiger partial charge is 0.494 e. The van der Waals surface area contributed by atoms with Crippen LogP contribution >= 0.6 is 11.8 Å². The highest BCUT2D eigenvalue weighted by molar-refractivity contribution is 8.15. The maximum Gasteiger partial charge on any atom is 0.333 e. The van der Waals surface area contributed by atoms with Gasteiger partial charge in [0, 0.05) is 27.2 Å². The molecule has 1 aromatic carbocycles. The first-order valence-electron chi connectivity index (χ1n) is 9.26. The van der Waals surface area contributed by atoms with E-state index in [4.69, 9.17) is 0 Å². The van der Waals surface area contributed by atoms with Crippen LogP contribution in [0.25, 0.3) is 0 Å². The molecule has 2 rings (SSSR count). The fraction of sp³-hybridized carbons (Fsp3) is 0.400. The number of rotatable bonds is 6. The Morgan fingerprint density at radius 2 is 1.69 bits per heavy atom. The number of aryl methyl sites for hydroxylation is 1. The van der Waals surface area contributed by atoms with E-state index in [0.29, 0.717) is 18.8 Å². The molecular formula is C20H26N4O4S. The molecule has 1 N–H and O–H groups in total. The van der Waals surface area contributed by atoms with E-state index in [1.165, 1.54) is 14.1 Å². The predicted molar refractivity (Wildman–Crippen MR) is 116 cm³/mol. The molecule has 0 bridgehead atoms. The molecule has 1 aromatic heterocycles. The molecule has 0 unspecified atom stereocenters. The van der Waals surface area contributed by atoms with Crippen molar-refractivity contribution < 1.29 is 9.90 Å². The van der Waals surface area contributed by atoms with Crippen molar-refractivity contribution >= 4 is 28.4 Å². The van der Waals surface area contributed by atoms with Crippen LogP contribution in [0.3, 0.4) is 0 Å². The number of aliphatic imine (C=N–C) groups is 1. The number of nitrogens with zero attached hydrogens (tertiary/aromatic N) is 4. The minimum absolute atomic E-state index is 0.0534. The molecule has 9 heteroatoms. The zero-order chi connectivity index (χ0) is 21.7. The summed E-state index contributed by atoms with van der Waals surface area (Å²) in [6.45, 7) is 6.88. The third-order valence-electron chi connectivity index (χ3n) is 4.56. The Labute approximate surface area is 173 Å². The van der Waals surface area contributed by atoms with E-state index >= 15 is 0 Å². The quantitative estimate of drug-likeness (QED) is 0.570. The molecular weight excluding hydrogens is 392 g/mol. The van der Waals surface area contributed by atoms with E-state index in [1.54, 1.807) is 17.0 Å². The number of carbonyl (C=O) groups excluding carboxylic acids is 1. The number of thioether (sulfide) groups is 1. The van der Waals surface area contributed by atoms with Crippen molar-refractivity contribution in [2.45, 2.75) is 20.8 Å². The van der Waals surface area contributed by atoms with Crippen LogP contribution in [0, 0.1) is 6.92 Å².